The number of ether oxygens (including phenoxy) is 2. The van der Waals surface area contributed by atoms with E-state index in [1.165, 1.54) is 6.92 Å². The summed E-state index contributed by atoms with van der Waals surface area (Å²) < 4.78 is 12.3. The monoisotopic (exact) mass is 426 g/mol. The topological polar surface area (TPSA) is 95.3 Å². The average Bonchev–Trinajstić information content (AvgIpc) is 3.46. The summed E-state index contributed by atoms with van der Waals surface area (Å²) in [6.07, 6.45) is 0. The van der Waals surface area contributed by atoms with Crippen LogP contribution in [0.15, 0.2) is 72.8 Å². The third kappa shape index (κ3) is 3.58. The Kier molecular flexibility index (Phi) is 4.87. The largest absolute Gasteiger partial charge is 0.454 e. The Hall–Kier alpha value is -4.46. The molecule has 8 nitrogen and oxygen atoms in total. The summed E-state index contributed by atoms with van der Waals surface area (Å²) in [5, 5.41) is 7.20. The van der Waals surface area contributed by atoms with Crippen molar-refractivity contribution in [1.82, 2.24) is 14.8 Å². The molecule has 0 fully saturated rings. The van der Waals surface area contributed by atoms with Gasteiger partial charge in [0, 0.05) is 17.2 Å². The number of aromatic nitrogens is 3. The fraction of sp³-hybridized carbons (Fsp3) is 0.0833. The lowest BCUT2D eigenvalue weighted by Crippen LogP contribution is -2.16. The van der Waals surface area contributed by atoms with Crippen molar-refractivity contribution in [2.24, 2.45) is 0 Å². The molecule has 0 radical (unpaired) electrons. The number of hydrogen-bond donors (Lipinski definition) is 1. The van der Waals surface area contributed by atoms with Crippen LogP contribution in [0.2, 0.25) is 0 Å². The second kappa shape index (κ2) is 7.99. The fourth-order valence-corrected chi connectivity index (χ4v) is 3.45. The minimum Gasteiger partial charge on any atom is -0.454 e. The maximum atomic E-state index is 13.1. The average molecular weight is 426 g/mol. The Labute approximate surface area is 183 Å². The molecule has 0 saturated carbocycles. The SMILES string of the molecule is CC(=O)c1cc2c(cc1NC(=O)c1nc(-c3ccccc3)n(-c3ccccc3)n1)OCO2. The maximum Gasteiger partial charge on any atom is 0.295 e. The second-order valence-corrected chi connectivity index (χ2v) is 7.13. The summed E-state index contributed by atoms with van der Waals surface area (Å²) in [5.41, 5.74) is 2.21. The fourth-order valence-electron chi connectivity index (χ4n) is 3.45. The number of amides is 1. The van der Waals surface area contributed by atoms with Crippen molar-refractivity contribution in [3.8, 4) is 28.6 Å². The number of hydrogen-bond acceptors (Lipinski definition) is 6. The van der Waals surface area contributed by atoms with Crippen molar-refractivity contribution in [3.63, 3.8) is 0 Å². The van der Waals surface area contributed by atoms with Crippen molar-refractivity contribution >= 4 is 17.4 Å². The molecule has 1 aliphatic rings. The number of nitrogens with zero attached hydrogens (tertiary/aromatic N) is 3. The number of rotatable bonds is 5. The van der Waals surface area contributed by atoms with Gasteiger partial charge in [-0.3, -0.25) is 9.59 Å². The number of para-hydroxylation sites is 1. The van der Waals surface area contributed by atoms with Gasteiger partial charge in [-0.1, -0.05) is 48.5 Å². The quantitative estimate of drug-likeness (QED) is 0.483. The molecule has 3 aromatic carbocycles. The van der Waals surface area contributed by atoms with Gasteiger partial charge in [-0.15, -0.1) is 5.10 Å². The summed E-state index contributed by atoms with van der Waals surface area (Å²) in [4.78, 5) is 29.7. The molecule has 1 amide bonds. The van der Waals surface area contributed by atoms with Gasteiger partial charge in [0.15, 0.2) is 23.1 Å². The van der Waals surface area contributed by atoms with E-state index >= 15 is 0 Å². The first-order valence-electron chi connectivity index (χ1n) is 9.94. The summed E-state index contributed by atoms with van der Waals surface area (Å²) in [7, 11) is 0. The van der Waals surface area contributed by atoms with Crippen LogP contribution in [0.4, 0.5) is 5.69 Å². The first kappa shape index (κ1) is 19.5. The van der Waals surface area contributed by atoms with Gasteiger partial charge < -0.3 is 14.8 Å². The summed E-state index contributed by atoms with van der Waals surface area (Å²) in [6.45, 7) is 1.48. The highest BCUT2D eigenvalue weighted by molar-refractivity contribution is 6.08. The van der Waals surface area contributed by atoms with Gasteiger partial charge >= 0.3 is 0 Å². The van der Waals surface area contributed by atoms with Gasteiger partial charge in [0.05, 0.1) is 11.4 Å². The van der Waals surface area contributed by atoms with Gasteiger partial charge in [-0.25, -0.2) is 9.67 Å². The molecule has 1 N–H and O–H groups in total. The highest BCUT2D eigenvalue weighted by Gasteiger charge is 2.23. The lowest BCUT2D eigenvalue weighted by Gasteiger charge is -2.09. The molecule has 1 aliphatic heterocycles. The van der Waals surface area contributed by atoms with E-state index in [0.29, 0.717) is 28.6 Å². The van der Waals surface area contributed by atoms with Crippen LogP contribution < -0.4 is 14.8 Å². The zero-order valence-corrected chi connectivity index (χ0v) is 17.1. The summed E-state index contributed by atoms with van der Waals surface area (Å²) in [6, 6.07) is 22.1. The molecular weight excluding hydrogens is 408 g/mol. The van der Waals surface area contributed by atoms with Crippen LogP contribution in [0, 0.1) is 0 Å². The van der Waals surface area contributed by atoms with E-state index in [1.807, 2.05) is 60.7 Å². The molecular formula is C24H18N4O4. The van der Waals surface area contributed by atoms with Crippen molar-refractivity contribution in [3.05, 3.63) is 84.2 Å². The Morgan fingerprint density at radius 3 is 2.28 bits per heavy atom. The van der Waals surface area contributed by atoms with Gasteiger partial charge in [-0.05, 0) is 25.1 Å². The Balaban J connectivity index is 1.54. The van der Waals surface area contributed by atoms with E-state index in [1.54, 1.807) is 16.8 Å². The standard InChI is InChI=1S/C24H18N4O4/c1-15(29)18-12-20-21(32-14-31-20)13-19(18)25-24(30)22-26-23(16-8-4-2-5-9-16)28(27-22)17-10-6-3-7-11-17/h2-13H,14H2,1H3,(H,25,30). The van der Waals surface area contributed by atoms with Crippen LogP contribution in [0.5, 0.6) is 11.5 Å². The van der Waals surface area contributed by atoms with Crippen molar-refractivity contribution < 1.29 is 19.1 Å². The molecule has 5 rings (SSSR count). The minimum absolute atomic E-state index is 0.0279. The third-order valence-corrected chi connectivity index (χ3v) is 4.98. The molecule has 4 aromatic rings. The van der Waals surface area contributed by atoms with Crippen LogP contribution in [-0.4, -0.2) is 33.2 Å². The number of anilines is 1. The molecule has 1 aromatic heterocycles. The van der Waals surface area contributed by atoms with Gasteiger partial charge in [0.25, 0.3) is 5.91 Å². The molecule has 158 valence electrons. The molecule has 8 heteroatoms. The van der Waals surface area contributed by atoms with E-state index in [4.69, 9.17) is 9.47 Å². The van der Waals surface area contributed by atoms with Gasteiger partial charge in [0.2, 0.25) is 12.6 Å². The van der Waals surface area contributed by atoms with E-state index < -0.39 is 5.91 Å². The van der Waals surface area contributed by atoms with E-state index in [0.717, 1.165) is 11.3 Å². The molecule has 32 heavy (non-hydrogen) atoms. The van der Waals surface area contributed by atoms with Gasteiger partial charge in [-0.2, -0.15) is 0 Å². The molecule has 0 unspecified atom stereocenters. The molecule has 0 saturated heterocycles. The lowest BCUT2D eigenvalue weighted by molar-refractivity contribution is 0.101. The molecule has 0 aliphatic carbocycles. The number of ketones is 1. The zero-order chi connectivity index (χ0) is 22.1. The Morgan fingerprint density at radius 1 is 0.938 bits per heavy atom. The number of benzene rings is 3. The minimum atomic E-state index is -0.543. The number of nitrogens with one attached hydrogen (secondary N) is 1. The summed E-state index contributed by atoms with van der Waals surface area (Å²) >= 11 is 0. The van der Waals surface area contributed by atoms with E-state index in [2.05, 4.69) is 15.4 Å². The second-order valence-electron chi connectivity index (χ2n) is 7.13. The molecule has 0 bridgehead atoms. The van der Waals surface area contributed by atoms with Crippen LogP contribution in [0.3, 0.4) is 0 Å². The van der Waals surface area contributed by atoms with Crippen molar-refractivity contribution in [2.75, 3.05) is 12.1 Å². The predicted molar refractivity (Wildman–Crippen MR) is 117 cm³/mol. The van der Waals surface area contributed by atoms with Crippen LogP contribution in [0.1, 0.15) is 27.9 Å². The first-order valence-corrected chi connectivity index (χ1v) is 9.94. The van der Waals surface area contributed by atoms with Crippen LogP contribution in [-0.2, 0) is 0 Å². The Bertz CT molecular complexity index is 1260. The van der Waals surface area contributed by atoms with Crippen molar-refractivity contribution in [2.45, 2.75) is 6.92 Å². The normalized spacial score (nSPS) is 11.9. The molecule has 0 spiro atoms. The van der Waals surface area contributed by atoms with Crippen molar-refractivity contribution in [1.29, 1.82) is 0 Å². The highest BCUT2D eigenvalue weighted by atomic mass is 16.7. The maximum absolute atomic E-state index is 13.1. The number of fused-ring (bicyclic) bond motifs is 1. The highest BCUT2D eigenvalue weighted by Crippen LogP contribution is 2.37. The number of Topliss-reactive ketones (excluding diaryl/α,β-unsaturated/α-hetero) is 1. The smallest absolute Gasteiger partial charge is 0.295 e. The van der Waals surface area contributed by atoms with E-state index in [9.17, 15) is 9.59 Å². The van der Waals surface area contributed by atoms with Gasteiger partial charge in [0.1, 0.15) is 0 Å². The van der Waals surface area contributed by atoms with E-state index in [-0.39, 0.29) is 18.4 Å². The summed E-state index contributed by atoms with van der Waals surface area (Å²) in [5.74, 6) is 0.660. The van der Waals surface area contributed by atoms with Crippen LogP contribution in [0.25, 0.3) is 17.1 Å². The lowest BCUT2D eigenvalue weighted by atomic mass is 10.1. The molecule has 0 atom stereocenters. The molecule has 2 heterocycles. The third-order valence-electron chi connectivity index (χ3n) is 4.98. The Morgan fingerprint density at radius 2 is 1.59 bits per heavy atom. The van der Waals surface area contributed by atoms with Crippen LogP contribution >= 0.6 is 0 Å². The zero-order valence-electron chi connectivity index (χ0n) is 17.1. The number of carbonyl (C=O) groups excluding carboxylic acids is 2. The first-order chi connectivity index (χ1) is 15.6. The number of carbonyl (C=O) groups is 2. The predicted octanol–water partition coefficient (Wildman–Crippen LogP) is 4.12.